The van der Waals surface area contributed by atoms with E-state index in [-0.39, 0.29) is 18.2 Å². The molecule has 1 saturated heterocycles. The zero-order valence-corrected chi connectivity index (χ0v) is 20.6. The van der Waals surface area contributed by atoms with Crippen LogP contribution in [0.1, 0.15) is 49.0 Å². The number of rotatable bonds is 5. The molecule has 2 aromatic carbocycles. The van der Waals surface area contributed by atoms with Crippen LogP contribution in [0.25, 0.3) is 11.3 Å². The number of amides is 2. The van der Waals surface area contributed by atoms with Gasteiger partial charge in [-0.2, -0.15) is 0 Å². The lowest BCUT2D eigenvalue weighted by Gasteiger charge is -2.26. The maximum absolute atomic E-state index is 13.1. The van der Waals surface area contributed by atoms with Gasteiger partial charge in [-0.25, -0.2) is 9.97 Å². The maximum Gasteiger partial charge on any atom is 0.254 e. The standard InChI is InChI=1S/C27H28ClN5O2/c1-16(2)12-21-4-3-11-33(21)26(35)17-5-8-20(9-6-17)30-27-29-15-18-13-24(34)31-23-14-19(28)7-10-22(23)25(18)32-27/h5-10,14-16,21H,3-4,11-13H2,1-2H3,(H,31,34)(H,29,30,32). The van der Waals surface area contributed by atoms with Crippen molar-refractivity contribution in [3.05, 3.63) is 64.8 Å². The summed E-state index contributed by atoms with van der Waals surface area (Å²) in [5, 5.41) is 6.65. The Morgan fingerprint density at radius 3 is 2.80 bits per heavy atom. The molecule has 0 aliphatic carbocycles. The first kappa shape index (κ1) is 23.3. The Kier molecular flexibility index (Phi) is 6.43. The molecule has 180 valence electrons. The third-order valence-electron chi connectivity index (χ3n) is 6.50. The number of fused-ring (bicyclic) bond motifs is 3. The van der Waals surface area contributed by atoms with Gasteiger partial charge >= 0.3 is 0 Å². The van der Waals surface area contributed by atoms with E-state index in [1.807, 2.05) is 35.2 Å². The van der Waals surface area contributed by atoms with Gasteiger partial charge in [-0.05, 0) is 67.6 Å². The van der Waals surface area contributed by atoms with E-state index in [4.69, 9.17) is 16.6 Å². The van der Waals surface area contributed by atoms with Crippen LogP contribution in [-0.4, -0.2) is 39.3 Å². The number of nitrogens with one attached hydrogen (secondary N) is 2. The van der Waals surface area contributed by atoms with Gasteiger partial charge in [0.15, 0.2) is 0 Å². The lowest BCUT2D eigenvalue weighted by molar-refractivity contribution is -0.115. The molecule has 35 heavy (non-hydrogen) atoms. The van der Waals surface area contributed by atoms with Crippen molar-refractivity contribution in [2.45, 2.75) is 45.6 Å². The molecule has 0 bridgehead atoms. The molecule has 0 spiro atoms. The van der Waals surface area contributed by atoms with Crippen molar-refractivity contribution in [3.63, 3.8) is 0 Å². The molecule has 2 N–H and O–H groups in total. The monoisotopic (exact) mass is 489 g/mol. The minimum Gasteiger partial charge on any atom is -0.336 e. The first-order valence-electron chi connectivity index (χ1n) is 12.0. The molecule has 1 unspecified atom stereocenters. The van der Waals surface area contributed by atoms with E-state index in [1.165, 1.54) is 0 Å². The molecule has 1 aromatic heterocycles. The van der Waals surface area contributed by atoms with Gasteiger partial charge < -0.3 is 15.5 Å². The molecule has 5 rings (SSSR count). The van der Waals surface area contributed by atoms with Crippen molar-refractivity contribution in [1.82, 2.24) is 14.9 Å². The molecule has 3 aromatic rings. The predicted molar refractivity (Wildman–Crippen MR) is 138 cm³/mol. The van der Waals surface area contributed by atoms with Gasteiger partial charge in [0.1, 0.15) is 0 Å². The van der Waals surface area contributed by atoms with Crippen molar-refractivity contribution in [2.75, 3.05) is 17.2 Å². The van der Waals surface area contributed by atoms with Gasteiger partial charge in [-0.1, -0.05) is 25.4 Å². The summed E-state index contributed by atoms with van der Waals surface area (Å²) in [4.78, 5) is 36.5. The number of benzene rings is 2. The van der Waals surface area contributed by atoms with Gasteiger partial charge in [-0.15, -0.1) is 0 Å². The highest BCUT2D eigenvalue weighted by atomic mass is 35.5. The highest BCUT2D eigenvalue weighted by Gasteiger charge is 2.29. The molecule has 8 heteroatoms. The second kappa shape index (κ2) is 9.66. The number of likely N-dealkylation sites (tertiary alicyclic amines) is 1. The van der Waals surface area contributed by atoms with E-state index in [1.54, 1.807) is 18.3 Å². The summed E-state index contributed by atoms with van der Waals surface area (Å²) >= 11 is 6.13. The Bertz CT molecular complexity index is 1280. The Morgan fingerprint density at radius 1 is 1.23 bits per heavy atom. The third kappa shape index (κ3) is 5.00. The molecule has 7 nitrogen and oxygen atoms in total. The van der Waals surface area contributed by atoms with Crippen molar-refractivity contribution < 1.29 is 9.59 Å². The van der Waals surface area contributed by atoms with Crippen LogP contribution < -0.4 is 10.6 Å². The van der Waals surface area contributed by atoms with E-state index in [2.05, 4.69) is 29.5 Å². The largest absolute Gasteiger partial charge is 0.336 e. The third-order valence-corrected chi connectivity index (χ3v) is 6.73. The summed E-state index contributed by atoms with van der Waals surface area (Å²) in [5.74, 6) is 0.937. The Balaban J connectivity index is 1.35. The van der Waals surface area contributed by atoms with Crippen molar-refractivity contribution >= 4 is 40.7 Å². The Morgan fingerprint density at radius 2 is 2.03 bits per heavy atom. The molecule has 3 heterocycles. The summed E-state index contributed by atoms with van der Waals surface area (Å²) in [6, 6.07) is 13.1. The fourth-order valence-electron chi connectivity index (χ4n) is 4.91. The minimum absolute atomic E-state index is 0.0911. The van der Waals surface area contributed by atoms with E-state index in [9.17, 15) is 9.59 Å². The summed E-state index contributed by atoms with van der Waals surface area (Å²) in [7, 11) is 0. The molecule has 2 aliphatic rings. The number of nitrogens with zero attached hydrogens (tertiary/aromatic N) is 3. The summed E-state index contributed by atoms with van der Waals surface area (Å²) in [6.45, 7) is 5.23. The Hall–Kier alpha value is -3.45. The molecular weight excluding hydrogens is 462 g/mol. The van der Waals surface area contributed by atoms with Crippen LogP contribution in [-0.2, 0) is 11.2 Å². The fourth-order valence-corrected chi connectivity index (χ4v) is 5.08. The second-order valence-corrected chi connectivity index (χ2v) is 10.0. The van der Waals surface area contributed by atoms with Crippen LogP contribution in [0.3, 0.4) is 0 Å². The first-order valence-corrected chi connectivity index (χ1v) is 12.4. The van der Waals surface area contributed by atoms with E-state index < -0.39 is 0 Å². The normalized spacial score (nSPS) is 17.0. The van der Waals surface area contributed by atoms with Crippen molar-refractivity contribution in [1.29, 1.82) is 0 Å². The fraction of sp³-hybridized carbons (Fsp3) is 0.333. The average Bonchev–Trinajstić information content (AvgIpc) is 3.22. The highest BCUT2D eigenvalue weighted by molar-refractivity contribution is 6.31. The maximum atomic E-state index is 13.1. The molecule has 0 radical (unpaired) electrons. The van der Waals surface area contributed by atoms with Crippen LogP contribution in [0.5, 0.6) is 0 Å². The van der Waals surface area contributed by atoms with E-state index in [0.29, 0.717) is 39.9 Å². The molecule has 0 saturated carbocycles. The number of carbonyl (C=O) groups excluding carboxylic acids is 2. The summed E-state index contributed by atoms with van der Waals surface area (Å²) < 4.78 is 0. The molecule has 1 fully saturated rings. The van der Waals surface area contributed by atoms with Gasteiger partial charge in [0.25, 0.3) is 5.91 Å². The van der Waals surface area contributed by atoms with Gasteiger partial charge in [0.05, 0.1) is 17.8 Å². The van der Waals surface area contributed by atoms with Crippen LogP contribution in [0.15, 0.2) is 48.7 Å². The smallest absolute Gasteiger partial charge is 0.254 e. The zero-order chi connectivity index (χ0) is 24.5. The van der Waals surface area contributed by atoms with Gasteiger partial charge in [0, 0.05) is 46.2 Å². The number of halogens is 1. The quantitative estimate of drug-likeness (QED) is 0.481. The van der Waals surface area contributed by atoms with Crippen LogP contribution >= 0.6 is 11.6 Å². The summed E-state index contributed by atoms with van der Waals surface area (Å²) in [6.07, 6.45) is 5.04. The van der Waals surface area contributed by atoms with Crippen LogP contribution in [0.2, 0.25) is 5.02 Å². The molecule has 2 aliphatic heterocycles. The number of anilines is 3. The Labute approximate surface area is 209 Å². The molecular formula is C27H28ClN5O2. The summed E-state index contributed by atoms with van der Waals surface area (Å²) in [5.41, 5.74) is 4.32. The number of hydrogen-bond acceptors (Lipinski definition) is 5. The van der Waals surface area contributed by atoms with Gasteiger partial charge in [-0.3, -0.25) is 9.59 Å². The number of aromatic nitrogens is 2. The van der Waals surface area contributed by atoms with Crippen LogP contribution in [0.4, 0.5) is 17.3 Å². The predicted octanol–water partition coefficient (Wildman–Crippen LogP) is 5.69. The molecule has 1 atom stereocenters. The number of hydrogen-bond donors (Lipinski definition) is 2. The second-order valence-electron chi connectivity index (χ2n) is 9.61. The van der Waals surface area contributed by atoms with E-state index in [0.717, 1.165) is 42.6 Å². The first-order chi connectivity index (χ1) is 16.9. The number of carbonyl (C=O) groups is 2. The lowest BCUT2D eigenvalue weighted by Crippen LogP contribution is -2.36. The van der Waals surface area contributed by atoms with Crippen molar-refractivity contribution in [2.24, 2.45) is 5.92 Å². The lowest BCUT2D eigenvalue weighted by atomic mass is 10.0. The van der Waals surface area contributed by atoms with Crippen LogP contribution in [0, 0.1) is 5.92 Å². The van der Waals surface area contributed by atoms with Gasteiger partial charge in [0.2, 0.25) is 11.9 Å². The zero-order valence-electron chi connectivity index (χ0n) is 19.8. The average molecular weight is 490 g/mol. The van der Waals surface area contributed by atoms with E-state index >= 15 is 0 Å². The molecule has 2 amide bonds. The SMILES string of the molecule is CC(C)CC1CCCN1C(=O)c1ccc(Nc2ncc3c(n2)-c2ccc(Cl)cc2NC(=O)C3)cc1. The topological polar surface area (TPSA) is 87.2 Å². The highest BCUT2D eigenvalue weighted by Crippen LogP contribution is 2.35. The minimum atomic E-state index is -0.134. The van der Waals surface area contributed by atoms with Crippen molar-refractivity contribution in [3.8, 4) is 11.3 Å².